The topological polar surface area (TPSA) is 105 Å². The molecule has 0 radical (unpaired) electrons. The predicted octanol–water partition coefficient (Wildman–Crippen LogP) is 4.03. The number of nitrogens with zero attached hydrogens (tertiary/aromatic N) is 2. The molecule has 1 aliphatic carbocycles. The van der Waals surface area contributed by atoms with E-state index >= 15 is 0 Å². The summed E-state index contributed by atoms with van der Waals surface area (Å²) in [6, 6.07) is 8.97. The zero-order valence-electron chi connectivity index (χ0n) is 18.7. The van der Waals surface area contributed by atoms with Gasteiger partial charge in [0, 0.05) is 29.7 Å². The standard InChI is InChI=1S/C25H24ClFN4O4/c26-19-13-18(9-10-20(19)27)31(22(32)15-29-24(33)21-8-4-12-35-21)23(16-5-3-11-28-14-16)25(34)30-17-6-1-2-7-17/h3-5,8-14,17,23H,1-2,6-7,15H2,(H,29,33)(H,30,34)/t23-/m0/s1. The Balaban J connectivity index is 1.69. The fourth-order valence-corrected chi connectivity index (χ4v) is 4.29. The lowest BCUT2D eigenvalue weighted by atomic mass is 10.0. The summed E-state index contributed by atoms with van der Waals surface area (Å²) in [5.74, 6) is -2.23. The maximum atomic E-state index is 13.9. The molecule has 35 heavy (non-hydrogen) atoms. The molecule has 1 aromatic carbocycles. The summed E-state index contributed by atoms with van der Waals surface area (Å²) in [6.45, 7) is -0.442. The van der Waals surface area contributed by atoms with E-state index in [0.29, 0.717) is 5.56 Å². The molecular weight excluding hydrogens is 475 g/mol. The fourth-order valence-electron chi connectivity index (χ4n) is 4.11. The van der Waals surface area contributed by atoms with Crippen LogP contribution in [0.3, 0.4) is 0 Å². The van der Waals surface area contributed by atoms with Gasteiger partial charge >= 0.3 is 0 Å². The molecule has 182 valence electrons. The van der Waals surface area contributed by atoms with E-state index in [4.69, 9.17) is 16.0 Å². The third-order valence-electron chi connectivity index (χ3n) is 5.80. The van der Waals surface area contributed by atoms with Crippen LogP contribution in [0, 0.1) is 5.82 Å². The number of halogens is 2. The first-order chi connectivity index (χ1) is 16.9. The second-order valence-electron chi connectivity index (χ2n) is 8.20. The van der Waals surface area contributed by atoms with Gasteiger partial charge in [0.15, 0.2) is 5.76 Å². The molecule has 0 aliphatic heterocycles. The fraction of sp³-hybridized carbons (Fsp3) is 0.280. The van der Waals surface area contributed by atoms with Crippen molar-refractivity contribution in [3.63, 3.8) is 0 Å². The number of hydrogen-bond acceptors (Lipinski definition) is 5. The molecule has 10 heteroatoms. The second-order valence-corrected chi connectivity index (χ2v) is 8.61. The third-order valence-corrected chi connectivity index (χ3v) is 6.09. The summed E-state index contributed by atoms with van der Waals surface area (Å²) in [6.07, 6.45) is 8.11. The number of pyridine rings is 1. The lowest BCUT2D eigenvalue weighted by Gasteiger charge is -2.32. The Morgan fingerprint density at radius 2 is 1.97 bits per heavy atom. The summed E-state index contributed by atoms with van der Waals surface area (Å²) in [5, 5.41) is 5.32. The molecule has 0 saturated heterocycles. The molecule has 8 nitrogen and oxygen atoms in total. The summed E-state index contributed by atoms with van der Waals surface area (Å²) >= 11 is 6.02. The Bertz CT molecular complexity index is 1180. The van der Waals surface area contributed by atoms with Crippen molar-refractivity contribution in [1.29, 1.82) is 0 Å². The molecule has 1 aliphatic rings. The number of rotatable bonds is 8. The lowest BCUT2D eigenvalue weighted by Crippen LogP contribution is -2.49. The Labute approximate surface area is 206 Å². The number of aromatic nitrogens is 1. The van der Waals surface area contributed by atoms with Gasteiger partial charge in [0.2, 0.25) is 11.8 Å². The Morgan fingerprint density at radius 1 is 1.17 bits per heavy atom. The number of hydrogen-bond donors (Lipinski definition) is 2. The van der Waals surface area contributed by atoms with E-state index in [1.54, 1.807) is 24.4 Å². The van der Waals surface area contributed by atoms with E-state index in [9.17, 15) is 18.8 Å². The highest BCUT2D eigenvalue weighted by atomic mass is 35.5. The van der Waals surface area contributed by atoms with Crippen LogP contribution in [0.2, 0.25) is 5.02 Å². The molecule has 3 aromatic rings. The van der Waals surface area contributed by atoms with Gasteiger partial charge in [-0.25, -0.2) is 4.39 Å². The first-order valence-corrected chi connectivity index (χ1v) is 11.6. The number of benzene rings is 1. The SMILES string of the molecule is O=C(NCC(=O)N(c1ccc(F)c(Cl)c1)[C@H](C(=O)NC1CCCC1)c1cccnc1)c1ccco1. The van der Waals surface area contributed by atoms with E-state index in [0.717, 1.165) is 31.7 Å². The van der Waals surface area contributed by atoms with Crippen molar-refractivity contribution in [2.24, 2.45) is 0 Å². The van der Waals surface area contributed by atoms with Crippen LogP contribution in [0.1, 0.15) is 47.8 Å². The van der Waals surface area contributed by atoms with Crippen molar-refractivity contribution in [3.8, 4) is 0 Å². The van der Waals surface area contributed by atoms with Crippen LogP contribution in [-0.2, 0) is 9.59 Å². The molecule has 2 N–H and O–H groups in total. The van der Waals surface area contributed by atoms with E-state index in [2.05, 4.69) is 15.6 Å². The van der Waals surface area contributed by atoms with E-state index in [1.165, 1.54) is 35.6 Å². The normalized spacial score (nSPS) is 14.3. The first kappa shape index (κ1) is 24.4. The van der Waals surface area contributed by atoms with Crippen LogP contribution >= 0.6 is 11.6 Å². The zero-order chi connectivity index (χ0) is 24.8. The monoisotopic (exact) mass is 498 g/mol. The van der Waals surface area contributed by atoms with Crippen LogP contribution in [0.5, 0.6) is 0 Å². The molecule has 1 fully saturated rings. The molecular formula is C25H24ClFN4O4. The molecule has 4 rings (SSSR count). The first-order valence-electron chi connectivity index (χ1n) is 11.2. The summed E-state index contributed by atoms with van der Waals surface area (Å²) < 4.78 is 19.0. The number of carbonyl (C=O) groups is 3. The summed E-state index contributed by atoms with van der Waals surface area (Å²) in [4.78, 5) is 44.7. The van der Waals surface area contributed by atoms with Crippen molar-refractivity contribution in [2.45, 2.75) is 37.8 Å². The molecule has 2 heterocycles. The van der Waals surface area contributed by atoms with Gasteiger partial charge < -0.3 is 15.1 Å². The largest absolute Gasteiger partial charge is 0.459 e. The second kappa shape index (κ2) is 11.1. The highest BCUT2D eigenvalue weighted by Gasteiger charge is 2.35. The van der Waals surface area contributed by atoms with Crippen molar-refractivity contribution < 1.29 is 23.2 Å². The third kappa shape index (κ3) is 5.86. The van der Waals surface area contributed by atoms with Crippen LogP contribution < -0.4 is 15.5 Å². The highest BCUT2D eigenvalue weighted by Crippen LogP contribution is 2.31. The van der Waals surface area contributed by atoms with E-state index < -0.39 is 36.1 Å². The number of nitrogens with one attached hydrogen (secondary N) is 2. The molecule has 2 aromatic heterocycles. The minimum Gasteiger partial charge on any atom is -0.459 e. The molecule has 0 spiro atoms. The van der Waals surface area contributed by atoms with Gasteiger partial charge in [-0.15, -0.1) is 0 Å². The van der Waals surface area contributed by atoms with E-state index in [1.807, 2.05) is 0 Å². The highest BCUT2D eigenvalue weighted by molar-refractivity contribution is 6.31. The minimum absolute atomic E-state index is 0.00548. The minimum atomic E-state index is -1.13. The van der Waals surface area contributed by atoms with Crippen molar-refractivity contribution in [1.82, 2.24) is 15.6 Å². The van der Waals surface area contributed by atoms with Crippen LogP contribution in [-0.4, -0.2) is 35.3 Å². The molecule has 3 amide bonds. The zero-order valence-corrected chi connectivity index (χ0v) is 19.5. The lowest BCUT2D eigenvalue weighted by molar-refractivity contribution is -0.126. The van der Waals surface area contributed by atoms with Gasteiger partial charge in [-0.1, -0.05) is 30.5 Å². The Kier molecular flexibility index (Phi) is 7.77. The Hall–Kier alpha value is -3.72. The smallest absolute Gasteiger partial charge is 0.287 e. The van der Waals surface area contributed by atoms with Gasteiger partial charge in [-0.3, -0.25) is 24.3 Å². The van der Waals surface area contributed by atoms with Gasteiger partial charge in [0.25, 0.3) is 5.91 Å². The number of carbonyl (C=O) groups excluding carboxylic acids is 3. The molecule has 1 atom stereocenters. The number of amides is 3. The van der Waals surface area contributed by atoms with E-state index in [-0.39, 0.29) is 22.5 Å². The summed E-state index contributed by atoms with van der Waals surface area (Å²) in [7, 11) is 0. The maximum Gasteiger partial charge on any atom is 0.287 e. The quantitative estimate of drug-likeness (QED) is 0.488. The Morgan fingerprint density at radius 3 is 2.63 bits per heavy atom. The van der Waals surface area contributed by atoms with Crippen molar-refractivity contribution >= 4 is 35.0 Å². The van der Waals surface area contributed by atoms with Crippen LogP contribution in [0.25, 0.3) is 0 Å². The van der Waals surface area contributed by atoms with Crippen molar-refractivity contribution in [2.75, 3.05) is 11.4 Å². The van der Waals surface area contributed by atoms with Gasteiger partial charge in [-0.05, 0) is 49.2 Å². The van der Waals surface area contributed by atoms with Crippen molar-refractivity contribution in [3.05, 3.63) is 83.3 Å². The van der Waals surface area contributed by atoms with Gasteiger partial charge in [0.1, 0.15) is 11.9 Å². The van der Waals surface area contributed by atoms with Crippen LogP contribution in [0.15, 0.2) is 65.5 Å². The average molecular weight is 499 g/mol. The molecule has 1 saturated carbocycles. The van der Waals surface area contributed by atoms with Crippen LogP contribution in [0.4, 0.5) is 10.1 Å². The predicted molar refractivity (Wildman–Crippen MR) is 127 cm³/mol. The van der Waals surface area contributed by atoms with Gasteiger partial charge in [-0.2, -0.15) is 0 Å². The number of anilines is 1. The molecule has 0 unspecified atom stereocenters. The van der Waals surface area contributed by atoms with Gasteiger partial charge in [0.05, 0.1) is 17.8 Å². The molecule has 0 bridgehead atoms. The maximum absolute atomic E-state index is 13.9. The average Bonchev–Trinajstić information content (AvgIpc) is 3.58. The summed E-state index contributed by atoms with van der Waals surface area (Å²) in [5.41, 5.74) is 0.651. The number of furan rings is 1.